The molecule has 0 aliphatic carbocycles. The number of esters is 1. The fraction of sp³-hybridized carbons (Fsp3) is 0.231. The number of halogens is 3. The maximum Gasteiger partial charge on any atom is 0.416 e. The number of aromatic nitrogens is 2. The Labute approximate surface area is 140 Å². The van der Waals surface area contributed by atoms with E-state index < -0.39 is 33.3 Å². The second kappa shape index (κ2) is 6.72. The van der Waals surface area contributed by atoms with Crippen molar-refractivity contribution in [3.63, 3.8) is 0 Å². The number of benzene rings is 1. The average Bonchev–Trinajstić information content (AvgIpc) is 2.99. The molecule has 1 heterocycles. The number of rotatable bonds is 5. The van der Waals surface area contributed by atoms with E-state index in [1.165, 1.54) is 0 Å². The molecule has 1 atom stereocenters. The Kier molecular flexibility index (Phi) is 5.04. The molecule has 2 rings (SSSR count). The molecule has 8 nitrogen and oxygen atoms in total. The SMILES string of the molecule is COC(=O)c1ccnn1C(Nc1ccc(C(F)(F)F)cc1)S(=O)(=O)O. The summed E-state index contributed by atoms with van der Waals surface area (Å²) in [6.45, 7) is 0. The molecule has 1 unspecified atom stereocenters. The van der Waals surface area contributed by atoms with Crippen molar-refractivity contribution < 1.29 is 35.7 Å². The summed E-state index contributed by atoms with van der Waals surface area (Å²) in [5.41, 5.74) is -3.23. The van der Waals surface area contributed by atoms with Crippen LogP contribution in [0, 0.1) is 0 Å². The molecule has 25 heavy (non-hydrogen) atoms. The normalized spacial score (nSPS) is 13.3. The number of nitrogens with one attached hydrogen (secondary N) is 1. The molecule has 0 saturated carbocycles. The van der Waals surface area contributed by atoms with Crippen molar-refractivity contribution in [2.75, 3.05) is 12.4 Å². The van der Waals surface area contributed by atoms with Gasteiger partial charge in [-0.05, 0) is 30.3 Å². The van der Waals surface area contributed by atoms with Gasteiger partial charge in [-0.3, -0.25) is 4.55 Å². The number of carbonyl (C=O) groups is 1. The predicted molar refractivity (Wildman–Crippen MR) is 79.2 cm³/mol. The summed E-state index contributed by atoms with van der Waals surface area (Å²) in [5.74, 6) is -0.916. The van der Waals surface area contributed by atoms with Crippen LogP contribution in [0.4, 0.5) is 18.9 Å². The van der Waals surface area contributed by atoms with Crippen molar-refractivity contribution in [1.82, 2.24) is 9.78 Å². The fourth-order valence-electron chi connectivity index (χ4n) is 1.93. The van der Waals surface area contributed by atoms with Gasteiger partial charge in [-0.15, -0.1) is 0 Å². The van der Waals surface area contributed by atoms with Gasteiger partial charge >= 0.3 is 22.3 Å². The minimum absolute atomic E-state index is 0.0538. The van der Waals surface area contributed by atoms with Gasteiger partial charge in [0.1, 0.15) is 5.69 Å². The van der Waals surface area contributed by atoms with Gasteiger partial charge in [0.05, 0.1) is 12.7 Å². The first-order chi connectivity index (χ1) is 11.5. The van der Waals surface area contributed by atoms with Gasteiger partial charge in [-0.2, -0.15) is 26.7 Å². The zero-order valence-electron chi connectivity index (χ0n) is 12.6. The molecule has 2 N–H and O–H groups in total. The second-order valence-electron chi connectivity index (χ2n) is 4.74. The van der Waals surface area contributed by atoms with E-state index in [4.69, 9.17) is 0 Å². The summed E-state index contributed by atoms with van der Waals surface area (Å²) in [4.78, 5) is 11.6. The quantitative estimate of drug-likeness (QED) is 0.605. The summed E-state index contributed by atoms with van der Waals surface area (Å²) in [5, 5.41) is 5.95. The Morgan fingerprint density at radius 1 is 1.28 bits per heavy atom. The fourth-order valence-corrected chi connectivity index (χ4v) is 2.63. The number of methoxy groups -OCH3 is 1. The third-order valence-corrected chi connectivity index (χ3v) is 3.95. The van der Waals surface area contributed by atoms with Crippen molar-refractivity contribution in [2.24, 2.45) is 0 Å². The maximum atomic E-state index is 12.6. The molecule has 2 aromatic rings. The standard InChI is InChI=1S/C13H12F3N3O5S/c1-24-11(20)10-6-7-17-19(10)12(25(21,22)23)18-9-4-2-8(3-5-9)13(14,15)16/h2-7,12,18H,1H3,(H,21,22,23). The lowest BCUT2D eigenvalue weighted by molar-refractivity contribution is -0.137. The van der Waals surface area contributed by atoms with Crippen molar-refractivity contribution in [1.29, 1.82) is 0 Å². The Hall–Kier alpha value is -2.60. The van der Waals surface area contributed by atoms with Gasteiger partial charge in [0.15, 0.2) is 0 Å². The summed E-state index contributed by atoms with van der Waals surface area (Å²) in [6, 6.07) is 4.56. The molecule has 0 aliphatic heterocycles. The van der Waals surface area contributed by atoms with Gasteiger partial charge in [-0.25, -0.2) is 9.48 Å². The lowest BCUT2D eigenvalue weighted by atomic mass is 10.2. The van der Waals surface area contributed by atoms with Gasteiger partial charge in [-0.1, -0.05) is 0 Å². The highest BCUT2D eigenvalue weighted by molar-refractivity contribution is 7.85. The van der Waals surface area contributed by atoms with Crippen LogP contribution in [-0.2, 0) is 21.0 Å². The Morgan fingerprint density at radius 3 is 2.36 bits per heavy atom. The number of hydrogen-bond donors (Lipinski definition) is 2. The molecule has 0 radical (unpaired) electrons. The van der Waals surface area contributed by atoms with Gasteiger partial charge < -0.3 is 10.1 Å². The Morgan fingerprint density at radius 2 is 1.88 bits per heavy atom. The second-order valence-corrected chi connectivity index (χ2v) is 6.22. The van der Waals surface area contributed by atoms with Gasteiger partial charge in [0.25, 0.3) is 0 Å². The number of carbonyl (C=O) groups excluding carboxylic acids is 1. The highest BCUT2D eigenvalue weighted by Crippen LogP contribution is 2.30. The van der Waals surface area contributed by atoms with E-state index in [0.29, 0.717) is 4.68 Å². The first kappa shape index (κ1) is 18.7. The zero-order chi connectivity index (χ0) is 18.8. The summed E-state index contributed by atoms with van der Waals surface area (Å²) >= 11 is 0. The zero-order valence-corrected chi connectivity index (χ0v) is 13.4. The van der Waals surface area contributed by atoms with Crippen LogP contribution < -0.4 is 5.32 Å². The summed E-state index contributed by atoms with van der Waals surface area (Å²) < 4.78 is 75.4. The minimum Gasteiger partial charge on any atom is -0.464 e. The molecule has 0 aliphatic rings. The number of alkyl halides is 3. The van der Waals surface area contributed by atoms with Crippen LogP contribution >= 0.6 is 0 Å². The molecule has 1 aromatic heterocycles. The molecule has 0 spiro atoms. The monoisotopic (exact) mass is 379 g/mol. The van der Waals surface area contributed by atoms with E-state index in [1.54, 1.807) is 0 Å². The highest BCUT2D eigenvalue weighted by atomic mass is 32.2. The highest BCUT2D eigenvalue weighted by Gasteiger charge is 2.32. The molecule has 136 valence electrons. The third-order valence-electron chi connectivity index (χ3n) is 3.07. The molecular formula is C13H12F3N3O5S. The van der Waals surface area contributed by atoms with E-state index in [9.17, 15) is 30.9 Å². The summed E-state index contributed by atoms with van der Waals surface area (Å²) in [6.07, 6.45) is -3.46. The van der Waals surface area contributed by atoms with Crippen LogP contribution in [0.2, 0.25) is 0 Å². The van der Waals surface area contributed by atoms with E-state index >= 15 is 0 Å². The van der Waals surface area contributed by atoms with Crippen molar-refractivity contribution in [3.05, 3.63) is 47.8 Å². The molecule has 0 saturated heterocycles. The number of ether oxygens (including phenoxy) is 1. The van der Waals surface area contributed by atoms with E-state index in [-0.39, 0.29) is 11.4 Å². The Balaban J connectivity index is 2.38. The molecule has 1 aromatic carbocycles. The molecule has 0 amide bonds. The number of hydrogen-bond acceptors (Lipinski definition) is 6. The maximum absolute atomic E-state index is 12.6. The van der Waals surface area contributed by atoms with Crippen LogP contribution in [-0.4, -0.2) is 35.8 Å². The third kappa shape index (κ3) is 4.28. The van der Waals surface area contributed by atoms with Crippen molar-refractivity contribution >= 4 is 21.8 Å². The largest absolute Gasteiger partial charge is 0.464 e. The van der Waals surface area contributed by atoms with Gasteiger partial charge in [0, 0.05) is 11.9 Å². The van der Waals surface area contributed by atoms with Crippen LogP contribution in [0.15, 0.2) is 36.5 Å². The van der Waals surface area contributed by atoms with Crippen LogP contribution in [0.25, 0.3) is 0 Å². The van der Waals surface area contributed by atoms with E-state index in [2.05, 4.69) is 15.2 Å². The van der Waals surface area contributed by atoms with Crippen LogP contribution in [0.3, 0.4) is 0 Å². The first-order valence-corrected chi connectivity index (χ1v) is 8.06. The van der Waals surface area contributed by atoms with Crippen molar-refractivity contribution in [3.8, 4) is 0 Å². The molecule has 0 fully saturated rings. The molecule has 0 bridgehead atoms. The number of anilines is 1. The van der Waals surface area contributed by atoms with E-state index in [1.807, 2.05) is 0 Å². The number of nitrogens with zero attached hydrogens (tertiary/aromatic N) is 2. The predicted octanol–water partition coefficient (Wildman–Crippen LogP) is 2.14. The lowest BCUT2D eigenvalue weighted by Crippen LogP contribution is -2.30. The average molecular weight is 379 g/mol. The van der Waals surface area contributed by atoms with Crippen molar-refractivity contribution in [2.45, 2.75) is 11.7 Å². The van der Waals surface area contributed by atoms with Crippen LogP contribution in [0.1, 0.15) is 21.5 Å². The smallest absolute Gasteiger partial charge is 0.416 e. The minimum atomic E-state index is -4.83. The summed E-state index contributed by atoms with van der Waals surface area (Å²) in [7, 11) is -3.77. The lowest BCUT2D eigenvalue weighted by Gasteiger charge is -2.19. The van der Waals surface area contributed by atoms with E-state index in [0.717, 1.165) is 43.6 Å². The van der Waals surface area contributed by atoms with Gasteiger partial charge in [0.2, 0.25) is 5.50 Å². The molecular weight excluding hydrogens is 367 g/mol. The Bertz CT molecular complexity index is 862. The topological polar surface area (TPSA) is 111 Å². The first-order valence-electron chi connectivity index (χ1n) is 6.56. The van der Waals surface area contributed by atoms with Crippen LogP contribution in [0.5, 0.6) is 0 Å². The molecule has 12 heteroatoms.